The van der Waals surface area contributed by atoms with Crippen molar-refractivity contribution in [1.82, 2.24) is 9.88 Å². The molecule has 0 atom stereocenters. The lowest BCUT2D eigenvalue weighted by Crippen LogP contribution is -2.36. The maximum Gasteiger partial charge on any atom is 0.323 e. The van der Waals surface area contributed by atoms with Crippen molar-refractivity contribution in [3.63, 3.8) is 0 Å². The Balaban J connectivity index is 2.83. The number of nitrogens with one attached hydrogen (secondary N) is 1. The number of rotatable bonds is 6. The molecular weight excluding hydrogens is 270 g/mol. The summed E-state index contributed by atoms with van der Waals surface area (Å²) in [7, 11) is 0. The first kappa shape index (κ1) is 14.8. The Morgan fingerprint density at radius 2 is 2.26 bits per heavy atom. The number of carbonyl (C=O) groups excluding carboxylic acids is 2. The van der Waals surface area contributed by atoms with Gasteiger partial charge in [-0.05, 0) is 0 Å². The van der Waals surface area contributed by atoms with E-state index >= 15 is 0 Å². The van der Waals surface area contributed by atoms with Crippen LogP contribution in [0.4, 0.5) is 5.13 Å². The number of carboxylic acid groups (broad SMARTS) is 1. The minimum atomic E-state index is -1.12. The van der Waals surface area contributed by atoms with E-state index in [4.69, 9.17) is 5.11 Å². The highest BCUT2D eigenvalue weighted by Gasteiger charge is 2.20. The van der Waals surface area contributed by atoms with Crippen LogP contribution in [0.25, 0.3) is 0 Å². The summed E-state index contributed by atoms with van der Waals surface area (Å²) in [6.45, 7) is 4.47. The van der Waals surface area contributed by atoms with E-state index in [2.05, 4.69) is 16.9 Å². The van der Waals surface area contributed by atoms with Gasteiger partial charge in [-0.25, -0.2) is 4.98 Å². The minimum Gasteiger partial charge on any atom is -0.480 e. The first-order chi connectivity index (χ1) is 8.93. The smallest absolute Gasteiger partial charge is 0.323 e. The monoisotopic (exact) mass is 283 g/mol. The topological polar surface area (TPSA) is 99.6 Å². The van der Waals surface area contributed by atoms with Crippen LogP contribution in [0.5, 0.6) is 0 Å². The first-order valence-corrected chi connectivity index (χ1v) is 6.17. The molecule has 1 heterocycles. The fourth-order valence-corrected chi connectivity index (χ4v) is 2.01. The van der Waals surface area contributed by atoms with Crippen molar-refractivity contribution in [2.75, 3.05) is 18.4 Å². The van der Waals surface area contributed by atoms with Gasteiger partial charge in [-0.3, -0.25) is 14.4 Å². The van der Waals surface area contributed by atoms with Crippen molar-refractivity contribution in [1.29, 1.82) is 0 Å². The Kier molecular flexibility index (Phi) is 5.19. The molecule has 0 bridgehead atoms. The first-order valence-electron chi connectivity index (χ1n) is 5.29. The van der Waals surface area contributed by atoms with Crippen LogP contribution < -0.4 is 5.32 Å². The lowest BCUT2D eigenvalue weighted by atomic mass is 10.3. The van der Waals surface area contributed by atoms with Crippen LogP contribution in [0.3, 0.4) is 0 Å². The number of aliphatic carboxylic acids is 1. The predicted molar refractivity (Wildman–Crippen MR) is 70.2 cm³/mol. The average molecular weight is 283 g/mol. The van der Waals surface area contributed by atoms with Crippen LogP contribution >= 0.6 is 11.3 Å². The number of anilines is 1. The Morgan fingerprint density at radius 1 is 1.58 bits per heavy atom. The number of hydrogen-bond donors (Lipinski definition) is 2. The van der Waals surface area contributed by atoms with E-state index < -0.39 is 18.4 Å². The zero-order valence-electron chi connectivity index (χ0n) is 10.3. The lowest BCUT2D eigenvalue weighted by molar-refractivity contribution is -0.137. The molecule has 2 amide bonds. The Morgan fingerprint density at radius 3 is 2.79 bits per heavy atom. The fraction of sp³-hybridized carbons (Fsp3) is 0.273. The molecule has 7 nitrogen and oxygen atoms in total. The maximum absolute atomic E-state index is 12.0. The summed E-state index contributed by atoms with van der Waals surface area (Å²) in [5.41, 5.74) is 0.0943. The van der Waals surface area contributed by atoms with Crippen LogP contribution in [0.15, 0.2) is 18.0 Å². The number of thiazole rings is 1. The fourth-order valence-electron chi connectivity index (χ4n) is 1.28. The van der Waals surface area contributed by atoms with Crippen LogP contribution in [-0.2, 0) is 9.59 Å². The minimum absolute atomic E-state index is 0.0943. The molecule has 0 aromatic carbocycles. The van der Waals surface area contributed by atoms with Gasteiger partial charge in [-0.1, -0.05) is 6.08 Å². The lowest BCUT2D eigenvalue weighted by Gasteiger charge is -2.17. The molecule has 0 saturated carbocycles. The van der Waals surface area contributed by atoms with Crippen LogP contribution in [-0.4, -0.2) is 45.9 Å². The predicted octanol–water partition coefficient (Wildman–Crippen LogP) is 0.814. The van der Waals surface area contributed by atoms with E-state index in [9.17, 15) is 14.4 Å². The van der Waals surface area contributed by atoms with E-state index in [0.29, 0.717) is 5.13 Å². The Bertz CT molecular complexity index is 512. The van der Waals surface area contributed by atoms with Gasteiger partial charge < -0.3 is 15.3 Å². The summed E-state index contributed by atoms with van der Waals surface area (Å²) in [6.07, 6.45) is 1.43. The molecule has 0 fully saturated rings. The SMILES string of the molecule is C=CCN(CC(=O)O)C(=O)c1csc(NC(C)=O)n1. The van der Waals surface area contributed by atoms with Crippen molar-refractivity contribution in [2.24, 2.45) is 0 Å². The van der Waals surface area contributed by atoms with Gasteiger partial charge in [0.15, 0.2) is 5.13 Å². The molecule has 102 valence electrons. The molecule has 1 rings (SSSR count). The number of aromatic nitrogens is 1. The molecule has 0 saturated heterocycles. The van der Waals surface area contributed by atoms with E-state index in [1.54, 1.807) is 0 Å². The molecule has 19 heavy (non-hydrogen) atoms. The van der Waals surface area contributed by atoms with E-state index in [-0.39, 0.29) is 18.1 Å². The van der Waals surface area contributed by atoms with Gasteiger partial charge in [-0.15, -0.1) is 17.9 Å². The van der Waals surface area contributed by atoms with E-state index in [1.165, 1.54) is 18.4 Å². The molecule has 0 aliphatic rings. The maximum atomic E-state index is 12.0. The van der Waals surface area contributed by atoms with Gasteiger partial charge in [0.25, 0.3) is 5.91 Å². The van der Waals surface area contributed by atoms with Gasteiger partial charge in [0.2, 0.25) is 5.91 Å². The normalized spacial score (nSPS) is 9.74. The highest BCUT2D eigenvalue weighted by Crippen LogP contribution is 2.16. The van der Waals surface area contributed by atoms with Gasteiger partial charge in [0.1, 0.15) is 12.2 Å². The van der Waals surface area contributed by atoms with Gasteiger partial charge in [0.05, 0.1) is 0 Å². The number of amides is 2. The number of nitrogens with zero attached hydrogens (tertiary/aromatic N) is 2. The third kappa shape index (κ3) is 4.51. The van der Waals surface area contributed by atoms with Gasteiger partial charge >= 0.3 is 5.97 Å². The number of hydrogen-bond acceptors (Lipinski definition) is 5. The molecule has 0 spiro atoms. The average Bonchev–Trinajstić information content (AvgIpc) is 2.74. The second-order valence-electron chi connectivity index (χ2n) is 3.59. The Labute approximate surface area is 113 Å². The molecule has 8 heteroatoms. The van der Waals surface area contributed by atoms with E-state index in [1.807, 2.05) is 0 Å². The van der Waals surface area contributed by atoms with Crippen LogP contribution in [0, 0.1) is 0 Å². The summed E-state index contributed by atoms with van der Waals surface area (Å²) in [6, 6.07) is 0. The highest BCUT2D eigenvalue weighted by atomic mass is 32.1. The van der Waals surface area contributed by atoms with Crippen molar-refractivity contribution >= 4 is 34.3 Å². The van der Waals surface area contributed by atoms with Crippen molar-refractivity contribution < 1.29 is 19.5 Å². The molecular formula is C11H13N3O4S. The summed E-state index contributed by atoms with van der Waals surface area (Å²) >= 11 is 1.10. The quantitative estimate of drug-likeness (QED) is 0.753. The molecule has 1 aromatic heterocycles. The second kappa shape index (κ2) is 6.64. The number of carbonyl (C=O) groups is 3. The molecule has 2 N–H and O–H groups in total. The van der Waals surface area contributed by atoms with Crippen molar-refractivity contribution in [2.45, 2.75) is 6.92 Å². The highest BCUT2D eigenvalue weighted by molar-refractivity contribution is 7.14. The molecule has 0 aliphatic carbocycles. The zero-order valence-corrected chi connectivity index (χ0v) is 11.1. The second-order valence-corrected chi connectivity index (χ2v) is 4.45. The summed E-state index contributed by atoms with van der Waals surface area (Å²) in [5.74, 6) is -1.93. The zero-order chi connectivity index (χ0) is 14.4. The standard InChI is InChI=1S/C11H13N3O4S/c1-3-4-14(5-9(16)17)10(18)8-6-19-11(13-8)12-7(2)15/h3,6H,1,4-5H2,2H3,(H,16,17)(H,12,13,15). The number of carboxylic acids is 1. The summed E-state index contributed by atoms with van der Waals surface area (Å²) < 4.78 is 0. The van der Waals surface area contributed by atoms with Crippen molar-refractivity contribution in [3.8, 4) is 0 Å². The van der Waals surface area contributed by atoms with Gasteiger partial charge in [0, 0.05) is 18.8 Å². The van der Waals surface area contributed by atoms with Crippen LogP contribution in [0.1, 0.15) is 17.4 Å². The van der Waals surface area contributed by atoms with Gasteiger partial charge in [-0.2, -0.15) is 0 Å². The summed E-state index contributed by atoms with van der Waals surface area (Å²) in [5, 5.41) is 12.9. The largest absolute Gasteiger partial charge is 0.480 e. The molecule has 0 unspecified atom stereocenters. The molecule has 1 aromatic rings. The third-order valence-electron chi connectivity index (χ3n) is 1.97. The summed E-state index contributed by atoms with van der Waals surface area (Å²) in [4.78, 5) is 38.6. The van der Waals surface area contributed by atoms with E-state index in [0.717, 1.165) is 16.2 Å². The van der Waals surface area contributed by atoms with Crippen LogP contribution in [0.2, 0.25) is 0 Å². The Hall–Kier alpha value is -2.22. The molecule has 0 radical (unpaired) electrons. The third-order valence-corrected chi connectivity index (χ3v) is 2.73. The van der Waals surface area contributed by atoms with Crippen molar-refractivity contribution in [3.05, 3.63) is 23.7 Å². The molecule has 0 aliphatic heterocycles.